The van der Waals surface area contributed by atoms with Gasteiger partial charge < -0.3 is 15.8 Å². The molecule has 33 heavy (non-hydrogen) atoms. The number of ether oxygens (including phenoxy) is 1. The summed E-state index contributed by atoms with van der Waals surface area (Å²) in [5, 5.41) is 8.39. The van der Waals surface area contributed by atoms with Crippen LogP contribution in [-0.4, -0.2) is 33.7 Å². The van der Waals surface area contributed by atoms with Gasteiger partial charge in [-0.25, -0.2) is 24.5 Å². The molecule has 0 spiro atoms. The molecule has 2 aromatic carbocycles. The van der Waals surface area contributed by atoms with Crippen molar-refractivity contribution in [2.45, 2.75) is 6.04 Å². The number of hydrogen-bond acceptors (Lipinski definition) is 7. The van der Waals surface area contributed by atoms with Crippen LogP contribution in [0.3, 0.4) is 0 Å². The minimum absolute atomic E-state index is 0.143. The Morgan fingerprint density at radius 2 is 2.03 bits per heavy atom. The van der Waals surface area contributed by atoms with Gasteiger partial charge in [-0.15, -0.1) is 17.8 Å². The molecule has 4 aromatic rings. The molecule has 9 nitrogen and oxygen atoms in total. The first kappa shape index (κ1) is 21.7. The molecule has 0 aliphatic rings. The van der Waals surface area contributed by atoms with E-state index in [-0.39, 0.29) is 6.61 Å². The number of primary amides is 1. The third-order valence-corrected chi connectivity index (χ3v) is 5.50. The van der Waals surface area contributed by atoms with E-state index in [2.05, 4.69) is 31.5 Å². The minimum atomic E-state index is -0.938. The molecule has 164 valence electrons. The summed E-state index contributed by atoms with van der Waals surface area (Å²) in [6.45, 7) is -0.143. The second kappa shape index (κ2) is 9.76. The highest BCUT2D eigenvalue weighted by molar-refractivity contribution is 7.10. The molecule has 2 aromatic heterocycles. The van der Waals surface area contributed by atoms with Gasteiger partial charge in [0.2, 0.25) is 0 Å². The Hall–Kier alpha value is -4.49. The average molecular weight is 459 g/mol. The maximum Gasteiger partial charge on any atom is 0.404 e. The Morgan fingerprint density at radius 3 is 2.76 bits per heavy atom. The number of terminal acetylenes is 1. The highest BCUT2D eigenvalue weighted by Gasteiger charge is 2.18. The molecule has 2 heterocycles. The number of hydrogen-bond donors (Lipinski definition) is 3. The molecule has 0 aliphatic heterocycles. The van der Waals surface area contributed by atoms with E-state index in [4.69, 9.17) is 16.9 Å². The van der Waals surface area contributed by atoms with Gasteiger partial charge in [0.05, 0.1) is 11.6 Å². The van der Waals surface area contributed by atoms with Gasteiger partial charge in [0.15, 0.2) is 5.01 Å². The fourth-order valence-electron chi connectivity index (χ4n) is 3.24. The largest absolute Gasteiger partial charge is 0.447 e. The lowest BCUT2D eigenvalue weighted by atomic mass is 9.99. The monoisotopic (exact) mass is 458 g/mol. The maximum absolute atomic E-state index is 12.5. The zero-order chi connectivity index (χ0) is 23.2. The first-order chi connectivity index (χ1) is 16.0. The molecule has 0 unspecified atom stereocenters. The van der Waals surface area contributed by atoms with Gasteiger partial charge in [-0.05, 0) is 17.0 Å². The SMILES string of the molecule is C#Cc1nc(NC(=O)N[C@@H](COC(N)=O)c2ccc(-c3cccc4cncnc34)cc2)cs1. The number of aromatic nitrogens is 3. The van der Waals surface area contributed by atoms with E-state index in [0.29, 0.717) is 16.4 Å². The normalized spacial score (nSPS) is 11.4. The van der Waals surface area contributed by atoms with Crippen molar-refractivity contribution in [2.75, 3.05) is 11.9 Å². The fraction of sp³-hybridized carbons (Fsp3) is 0.0870. The topological polar surface area (TPSA) is 132 Å². The number of urea groups is 1. The summed E-state index contributed by atoms with van der Waals surface area (Å²) in [5.41, 5.74) is 8.55. The second-order valence-corrected chi connectivity index (χ2v) is 7.71. The van der Waals surface area contributed by atoms with Crippen molar-refractivity contribution >= 4 is 40.2 Å². The number of fused-ring (bicyclic) bond motifs is 1. The second-order valence-electron chi connectivity index (χ2n) is 6.85. The van der Waals surface area contributed by atoms with Crippen molar-refractivity contribution in [2.24, 2.45) is 5.73 Å². The van der Waals surface area contributed by atoms with Gasteiger partial charge in [-0.3, -0.25) is 5.32 Å². The molecule has 0 saturated heterocycles. The molecule has 4 rings (SSSR count). The lowest BCUT2D eigenvalue weighted by Gasteiger charge is -2.19. The summed E-state index contributed by atoms with van der Waals surface area (Å²) >= 11 is 1.24. The molecular weight excluding hydrogens is 440 g/mol. The van der Waals surface area contributed by atoms with Crippen LogP contribution < -0.4 is 16.4 Å². The Kier molecular flexibility index (Phi) is 6.43. The van der Waals surface area contributed by atoms with Crippen LogP contribution in [0.15, 0.2) is 60.4 Å². The highest BCUT2D eigenvalue weighted by Crippen LogP contribution is 2.28. The third kappa shape index (κ3) is 5.23. The predicted octanol–water partition coefficient (Wildman–Crippen LogP) is 3.69. The summed E-state index contributed by atoms with van der Waals surface area (Å²) < 4.78 is 4.94. The van der Waals surface area contributed by atoms with Crippen molar-refractivity contribution in [3.63, 3.8) is 0 Å². The maximum atomic E-state index is 12.5. The van der Waals surface area contributed by atoms with Crippen LogP contribution in [0.4, 0.5) is 15.4 Å². The molecule has 0 radical (unpaired) electrons. The number of thiazole rings is 1. The number of nitrogens with zero attached hydrogens (tertiary/aromatic N) is 3. The Bertz CT molecular complexity index is 1340. The molecule has 3 amide bonds. The Balaban J connectivity index is 1.54. The smallest absolute Gasteiger partial charge is 0.404 e. The molecular formula is C23H18N6O3S. The first-order valence-corrected chi connectivity index (χ1v) is 10.6. The van der Waals surface area contributed by atoms with Gasteiger partial charge in [-0.1, -0.05) is 42.5 Å². The molecule has 0 saturated carbocycles. The number of benzene rings is 2. The molecule has 0 fully saturated rings. The summed E-state index contributed by atoms with van der Waals surface area (Å²) in [4.78, 5) is 36.2. The summed E-state index contributed by atoms with van der Waals surface area (Å²) in [7, 11) is 0. The summed E-state index contributed by atoms with van der Waals surface area (Å²) in [6, 6.07) is 12.2. The van der Waals surface area contributed by atoms with E-state index in [1.165, 1.54) is 17.7 Å². The van der Waals surface area contributed by atoms with Crippen molar-refractivity contribution < 1.29 is 14.3 Å². The van der Waals surface area contributed by atoms with Crippen LogP contribution in [0.1, 0.15) is 16.6 Å². The summed E-state index contributed by atoms with van der Waals surface area (Å²) in [6.07, 6.45) is 7.64. The number of nitrogens with one attached hydrogen (secondary N) is 2. The van der Waals surface area contributed by atoms with Crippen LogP contribution in [0, 0.1) is 12.3 Å². The Labute approximate surface area is 193 Å². The van der Waals surface area contributed by atoms with Crippen molar-refractivity contribution in [3.05, 3.63) is 70.9 Å². The molecule has 0 aliphatic carbocycles. The molecule has 10 heteroatoms. The number of carbonyl (C=O) groups excluding carboxylic acids is 2. The van der Waals surface area contributed by atoms with Gasteiger partial charge in [0, 0.05) is 22.5 Å². The lowest BCUT2D eigenvalue weighted by molar-refractivity contribution is 0.144. The first-order valence-electron chi connectivity index (χ1n) is 9.74. The standard InChI is InChI=1S/C23H18N6O3S/c1-2-20-28-19(12-33-20)29-23(31)27-18(11-32-22(24)30)15-8-6-14(7-9-15)17-5-3-4-16-10-25-13-26-21(16)17/h1,3-10,12-13,18H,11H2,(H2,24,30)(H2,27,29,31)/t18-/m0/s1. The third-order valence-electron chi connectivity index (χ3n) is 4.73. The molecule has 0 bridgehead atoms. The zero-order valence-electron chi connectivity index (χ0n) is 17.2. The molecule has 1 atom stereocenters. The number of carbonyl (C=O) groups is 2. The van der Waals surface area contributed by atoms with Crippen LogP contribution >= 0.6 is 11.3 Å². The quantitative estimate of drug-likeness (QED) is 0.378. The van der Waals surface area contributed by atoms with Crippen molar-refractivity contribution in [1.82, 2.24) is 20.3 Å². The summed E-state index contributed by atoms with van der Waals surface area (Å²) in [5.74, 6) is 2.73. The number of rotatable bonds is 6. The van der Waals surface area contributed by atoms with E-state index in [0.717, 1.165) is 22.0 Å². The van der Waals surface area contributed by atoms with Gasteiger partial charge in [-0.2, -0.15) is 0 Å². The number of nitrogens with two attached hydrogens (primary N) is 1. The lowest BCUT2D eigenvalue weighted by Crippen LogP contribution is -2.36. The van der Waals surface area contributed by atoms with E-state index in [1.54, 1.807) is 11.6 Å². The number of amides is 3. The van der Waals surface area contributed by atoms with Gasteiger partial charge >= 0.3 is 12.1 Å². The average Bonchev–Trinajstić information content (AvgIpc) is 3.29. The van der Waals surface area contributed by atoms with Crippen LogP contribution in [-0.2, 0) is 4.74 Å². The Morgan fingerprint density at radius 1 is 1.21 bits per heavy atom. The molecule has 4 N–H and O–H groups in total. The fourth-order valence-corrected chi connectivity index (χ4v) is 3.79. The van der Waals surface area contributed by atoms with Crippen molar-refractivity contribution in [1.29, 1.82) is 0 Å². The van der Waals surface area contributed by atoms with Crippen LogP contribution in [0.5, 0.6) is 0 Å². The van der Waals surface area contributed by atoms with Crippen LogP contribution in [0.25, 0.3) is 22.0 Å². The minimum Gasteiger partial charge on any atom is -0.447 e. The number of para-hydroxylation sites is 1. The van der Waals surface area contributed by atoms with E-state index in [9.17, 15) is 9.59 Å². The van der Waals surface area contributed by atoms with Crippen molar-refractivity contribution in [3.8, 4) is 23.5 Å². The predicted molar refractivity (Wildman–Crippen MR) is 125 cm³/mol. The van der Waals surface area contributed by atoms with E-state index < -0.39 is 18.2 Å². The van der Waals surface area contributed by atoms with Gasteiger partial charge in [0.1, 0.15) is 18.8 Å². The zero-order valence-corrected chi connectivity index (χ0v) is 18.0. The van der Waals surface area contributed by atoms with Gasteiger partial charge in [0.25, 0.3) is 0 Å². The van der Waals surface area contributed by atoms with E-state index >= 15 is 0 Å². The number of anilines is 1. The van der Waals surface area contributed by atoms with E-state index in [1.807, 2.05) is 42.5 Å². The highest BCUT2D eigenvalue weighted by atomic mass is 32.1. The van der Waals surface area contributed by atoms with Crippen LogP contribution in [0.2, 0.25) is 0 Å².